The highest BCUT2D eigenvalue weighted by Crippen LogP contribution is 2.16. The molecule has 1 aliphatic heterocycles. The highest BCUT2D eigenvalue weighted by Gasteiger charge is 2.33. The van der Waals surface area contributed by atoms with Crippen molar-refractivity contribution in [3.63, 3.8) is 0 Å². The van der Waals surface area contributed by atoms with Gasteiger partial charge in [0.25, 0.3) is 0 Å². The molecule has 100 valence electrons. The molecule has 1 saturated heterocycles. The lowest BCUT2D eigenvalue weighted by Gasteiger charge is -2.28. The van der Waals surface area contributed by atoms with E-state index in [9.17, 15) is 9.90 Å². The predicted molar refractivity (Wildman–Crippen MR) is 65.7 cm³/mol. The maximum absolute atomic E-state index is 11.4. The minimum absolute atomic E-state index is 0.305. The average molecular weight is 244 g/mol. The lowest BCUT2D eigenvalue weighted by Crippen LogP contribution is -2.47. The van der Waals surface area contributed by atoms with Gasteiger partial charge in [-0.15, -0.1) is 0 Å². The summed E-state index contributed by atoms with van der Waals surface area (Å²) in [7, 11) is 5.34. The van der Waals surface area contributed by atoms with Crippen LogP contribution >= 0.6 is 0 Å². The van der Waals surface area contributed by atoms with Gasteiger partial charge in [-0.05, 0) is 39.9 Å². The van der Waals surface area contributed by atoms with E-state index in [0.717, 1.165) is 19.6 Å². The molecule has 1 rings (SSSR count). The minimum atomic E-state index is -1.42. The minimum Gasteiger partial charge on any atom is -0.467 e. The van der Waals surface area contributed by atoms with Gasteiger partial charge in [-0.25, -0.2) is 4.79 Å². The van der Waals surface area contributed by atoms with Crippen LogP contribution in [0.4, 0.5) is 0 Å². The third-order valence-corrected chi connectivity index (χ3v) is 3.26. The van der Waals surface area contributed by atoms with Crippen LogP contribution in [0.25, 0.3) is 0 Å². The van der Waals surface area contributed by atoms with E-state index in [1.165, 1.54) is 20.5 Å². The molecule has 0 aromatic carbocycles. The molecule has 0 saturated carbocycles. The van der Waals surface area contributed by atoms with Crippen molar-refractivity contribution in [3.05, 3.63) is 0 Å². The number of esters is 1. The van der Waals surface area contributed by atoms with Gasteiger partial charge >= 0.3 is 5.97 Å². The second-order valence-electron chi connectivity index (χ2n) is 5.38. The summed E-state index contributed by atoms with van der Waals surface area (Å²) in [6.45, 7) is 4.92. The number of carbonyl (C=O) groups excluding carboxylic acids is 1. The topological polar surface area (TPSA) is 53.0 Å². The van der Waals surface area contributed by atoms with Crippen molar-refractivity contribution >= 4 is 5.97 Å². The van der Waals surface area contributed by atoms with Crippen LogP contribution < -0.4 is 0 Å². The predicted octanol–water partition coefficient (Wildman–Crippen LogP) is -0.206. The summed E-state index contributed by atoms with van der Waals surface area (Å²) in [5.74, 6) is 0.0475. The number of hydrogen-bond donors (Lipinski definition) is 1. The second-order valence-corrected chi connectivity index (χ2v) is 5.38. The van der Waals surface area contributed by atoms with Crippen LogP contribution in [0.1, 0.15) is 13.3 Å². The molecule has 1 fully saturated rings. The van der Waals surface area contributed by atoms with Crippen molar-refractivity contribution in [1.82, 2.24) is 9.80 Å². The molecule has 0 amide bonds. The SMILES string of the molecule is COC(=O)C(C)(O)CN(C)CC1CCN(C)C1. The lowest BCUT2D eigenvalue weighted by molar-refractivity contribution is -0.162. The summed E-state index contributed by atoms with van der Waals surface area (Å²) in [6.07, 6.45) is 1.18. The molecule has 0 spiro atoms. The number of carbonyl (C=O) groups is 1. The first-order valence-corrected chi connectivity index (χ1v) is 6.03. The van der Waals surface area contributed by atoms with Crippen LogP contribution in [0.2, 0.25) is 0 Å². The Labute approximate surface area is 103 Å². The second kappa shape index (κ2) is 5.80. The maximum Gasteiger partial charge on any atom is 0.338 e. The quantitative estimate of drug-likeness (QED) is 0.678. The fourth-order valence-corrected chi connectivity index (χ4v) is 2.49. The number of nitrogens with zero attached hydrogens (tertiary/aromatic N) is 2. The first kappa shape index (κ1) is 14.4. The Morgan fingerprint density at radius 1 is 1.65 bits per heavy atom. The molecule has 5 heteroatoms. The smallest absolute Gasteiger partial charge is 0.338 e. The van der Waals surface area contributed by atoms with Crippen LogP contribution in [0, 0.1) is 5.92 Å². The molecule has 0 bridgehead atoms. The average Bonchev–Trinajstić information content (AvgIpc) is 2.61. The summed E-state index contributed by atoms with van der Waals surface area (Å²) in [5, 5.41) is 9.95. The molecule has 0 radical (unpaired) electrons. The Kier molecular flexibility index (Phi) is 4.91. The lowest BCUT2D eigenvalue weighted by atomic mass is 10.0. The molecule has 0 aromatic heterocycles. The number of ether oxygens (including phenoxy) is 1. The fraction of sp³-hybridized carbons (Fsp3) is 0.917. The molecule has 5 nitrogen and oxygen atoms in total. The number of likely N-dealkylation sites (tertiary alicyclic amines) is 1. The summed E-state index contributed by atoms with van der Waals surface area (Å²) in [5.41, 5.74) is -1.42. The zero-order chi connectivity index (χ0) is 13.1. The number of methoxy groups -OCH3 is 1. The molecule has 0 aromatic rings. The molecular formula is C12H24N2O3. The van der Waals surface area contributed by atoms with Crippen LogP contribution in [0.5, 0.6) is 0 Å². The highest BCUT2D eigenvalue weighted by atomic mass is 16.5. The van der Waals surface area contributed by atoms with E-state index in [1.54, 1.807) is 0 Å². The first-order valence-electron chi connectivity index (χ1n) is 6.03. The Morgan fingerprint density at radius 2 is 2.29 bits per heavy atom. The largest absolute Gasteiger partial charge is 0.467 e. The zero-order valence-corrected chi connectivity index (χ0v) is 11.3. The normalized spacial score (nSPS) is 24.9. The number of hydrogen-bond acceptors (Lipinski definition) is 5. The van der Waals surface area contributed by atoms with Crippen LogP contribution in [-0.4, -0.2) is 73.9 Å². The maximum atomic E-state index is 11.4. The third-order valence-electron chi connectivity index (χ3n) is 3.26. The highest BCUT2D eigenvalue weighted by molar-refractivity contribution is 5.78. The summed E-state index contributed by atoms with van der Waals surface area (Å²) >= 11 is 0. The number of aliphatic hydroxyl groups is 1. The Hall–Kier alpha value is -0.650. The van der Waals surface area contributed by atoms with Gasteiger partial charge in [-0.2, -0.15) is 0 Å². The molecule has 1 aliphatic rings. The molecule has 17 heavy (non-hydrogen) atoms. The van der Waals surface area contributed by atoms with Gasteiger partial charge in [0, 0.05) is 19.6 Å². The van der Waals surface area contributed by atoms with Gasteiger partial charge < -0.3 is 19.6 Å². The van der Waals surface area contributed by atoms with E-state index < -0.39 is 11.6 Å². The van der Waals surface area contributed by atoms with Crippen molar-refractivity contribution in [2.45, 2.75) is 18.9 Å². The zero-order valence-electron chi connectivity index (χ0n) is 11.3. The first-order chi connectivity index (χ1) is 7.85. The molecule has 1 heterocycles. The Balaban J connectivity index is 2.38. The van der Waals surface area contributed by atoms with Crippen LogP contribution in [-0.2, 0) is 9.53 Å². The van der Waals surface area contributed by atoms with Crippen molar-refractivity contribution < 1.29 is 14.6 Å². The van der Waals surface area contributed by atoms with Crippen LogP contribution in [0.15, 0.2) is 0 Å². The number of rotatable bonds is 5. The van der Waals surface area contributed by atoms with Crippen molar-refractivity contribution in [2.24, 2.45) is 5.92 Å². The molecular weight excluding hydrogens is 220 g/mol. The number of likely N-dealkylation sites (N-methyl/N-ethyl adjacent to an activating group) is 1. The van der Waals surface area contributed by atoms with Gasteiger partial charge in [-0.1, -0.05) is 0 Å². The van der Waals surface area contributed by atoms with Crippen molar-refractivity contribution in [2.75, 3.05) is 47.4 Å². The molecule has 2 unspecified atom stereocenters. The van der Waals surface area contributed by atoms with Gasteiger partial charge in [0.1, 0.15) is 0 Å². The molecule has 1 N–H and O–H groups in total. The molecule has 0 aliphatic carbocycles. The van der Waals surface area contributed by atoms with E-state index in [1.807, 2.05) is 11.9 Å². The van der Waals surface area contributed by atoms with E-state index in [-0.39, 0.29) is 0 Å². The standard InChI is InChI=1S/C12H24N2O3/c1-12(16,11(15)17-4)9-14(3)8-10-5-6-13(2)7-10/h10,16H,5-9H2,1-4H3. The van der Waals surface area contributed by atoms with Gasteiger partial charge in [0.05, 0.1) is 7.11 Å². The van der Waals surface area contributed by atoms with Gasteiger partial charge in [0.2, 0.25) is 0 Å². The van der Waals surface area contributed by atoms with E-state index in [4.69, 9.17) is 0 Å². The summed E-state index contributed by atoms with van der Waals surface area (Å²) in [6, 6.07) is 0. The summed E-state index contributed by atoms with van der Waals surface area (Å²) in [4.78, 5) is 15.7. The Bertz CT molecular complexity index is 268. The van der Waals surface area contributed by atoms with Crippen molar-refractivity contribution in [3.8, 4) is 0 Å². The van der Waals surface area contributed by atoms with Gasteiger partial charge in [-0.3, -0.25) is 0 Å². The van der Waals surface area contributed by atoms with Gasteiger partial charge in [0.15, 0.2) is 5.60 Å². The van der Waals surface area contributed by atoms with Crippen molar-refractivity contribution in [1.29, 1.82) is 0 Å². The van der Waals surface area contributed by atoms with E-state index >= 15 is 0 Å². The fourth-order valence-electron chi connectivity index (χ4n) is 2.49. The summed E-state index contributed by atoms with van der Waals surface area (Å²) < 4.78 is 4.58. The monoisotopic (exact) mass is 244 g/mol. The third kappa shape index (κ3) is 4.26. The molecule has 2 atom stereocenters. The Morgan fingerprint density at radius 3 is 2.76 bits per heavy atom. The van der Waals surface area contributed by atoms with Crippen LogP contribution in [0.3, 0.4) is 0 Å². The van der Waals surface area contributed by atoms with E-state index in [2.05, 4.69) is 16.7 Å². The van der Waals surface area contributed by atoms with E-state index in [0.29, 0.717) is 12.5 Å².